The molecule has 0 saturated carbocycles. The lowest BCUT2D eigenvalue weighted by atomic mass is 9.96. The van der Waals surface area contributed by atoms with Gasteiger partial charge < -0.3 is 5.11 Å². The molecule has 0 radical (unpaired) electrons. The van der Waals surface area contributed by atoms with Crippen molar-refractivity contribution in [1.82, 2.24) is 4.98 Å². The monoisotopic (exact) mass is 367 g/mol. The van der Waals surface area contributed by atoms with Gasteiger partial charge in [0.2, 0.25) is 0 Å². The van der Waals surface area contributed by atoms with E-state index in [9.17, 15) is 31.4 Å². The van der Waals surface area contributed by atoms with E-state index in [2.05, 4.69) is 4.98 Å². The van der Waals surface area contributed by atoms with Crippen LogP contribution < -0.4 is 0 Å². The number of hydrogen-bond donors (Lipinski definition) is 1. The number of aliphatic hydroxyl groups excluding tert-OH is 1. The average molecular weight is 368 g/mol. The van der Waals surface area contributed by atoms with Crippen LogP contribution >= 0.6 is 11.6 Å². The van der Waals surface area contributed by atoms with E-state index < -0.39 is 47.3 Å². The van der Waals surface area contributed by atoms with Crippen LogP contribution in [0.5, 0.6) is 0 Å². The summed E-state index contributed by atoms with van der Waals surface area (Å²) in [7, 11) is 0. The third kappa shape index (κ3) is 2.63. The van der Waals surface area contributed by atoms with E-state index in [0.717, 1.165) is 12.1 Å². The third-order valence-corrected chi connectivity index (χ3v) is 3.97. The van der Waals surface area contributed by atoms with Crippen LogP contribution in [0.15, 0.2) is 24.4 Å². The Kier molecular flexibility index (Phi) is 4.00. The van der Waals surface area contributed by atoms with E-state index >= 15 is 0 Å². The molecule has 1 aliphatic rings. The number of hydrogen-bond acceptors (Lipinski definition) is 2. The van der Waals surface area contributed by atoms with Gasteiger partial charge in [0, 0.05) is 27.9 Å². The average Bonchev–Trinajstić information content (AvgIpc) is 2.70. The highest BCUT2D eigenvalue weighted by molar-refractivity contribution is 6.30. The number of pyridine rings is 1. The highest BCUT2D eigenvalue weighted by Crippen LogP contribution is 2.51. The maximum Gasteiger partial charge on any atom is 0.433 e. The lowest BCUT2D eigenvalue weighted by Crippen LogP contribution is -2.16. The first-order chi connectivity index (χ1) is 11.1. The molecule has 0 spiro atoms. The van der Waals surface area contributed by atoms with Gasteiger partial charge in [-0.25, -0.2) is 13.2 Å². The molecule has 2 aromatic rings. The maximum atomic E-state index is 14.2. The van der Waals surface area contributed by atoms with Gasteiger partial charge in [-0.2, -0.15) is 13.2 Å². The standard InChI is InChI=1S/C15H8ClF6NO/c16-6-1-5(2-7(17)3-6)8-4-23-14(15(20,21)22)10-9(8)11(18)12(19)13(10)24/h1-4,11-13,24H. The van der Waals surface area contributed by atoms with Gasteiger partial charge in [-0.05, 0) is 23.8 Å². The number of alkyl halides is 5. The third-order valence-electron chi connectivity index (χ3n) is 3.75. The van der Waals surface area contributed by atoms with Gasteiger partial charge in [-0.15, -0.1) is 0 Å². The van der Waals surface area contributed by atoms with Crippen molar-refractivity contribution in [2.24, 2.45) is 0 Å². The summed E-state index contributed by atoms with van der Waals surface area (Å²) >= 11 is 5.69. The molecule has 0 amide bonds. The predicted octanol–water partition coefficient (Wildman–Crippen LogP) is 4.96. The van der Waals surface area contributed by atoms with Crippen LogP contribution in [0.2, 0.25) is 5.02 Å². The first-order valence-electron chi connectivity index (χ1n) is 6.64. The fourth-order valence-electron chi connectivity index (χ4n) is 2.78. The molecule has 0 bridgehead atoms. The first-order valence-corrected chi connectivity index (χ1v) is 7.01. The molecule has 0 fully saturated rings. The summed E-state index contributed by atoms with van der Waals surface area (Å²) in [5, 5.41) is 9.61. The zero-order valence-electron chi connectivity index (χ0n) is 11.6. The summed E-state index contributed by atoms with van der Waals surface area (Å²) in [6, 6.07) is 3.03. The lowest BCUT2D eigenvalue weighted by molar-refractivity contribution is -0.143. The normalized spacial score (nSPS) is 23.4. The van der Waals surface area contributed by atoms with Gasteiger partial charge in [-0.1, -0.05) is 11.6 Å². The summed E-state index contributed by atoms with van der Waals surface area (Å²) in [6.07, 6.45) is -11.7. The Morgan fingerprint density at radius 1 is 1.08 bits per heavy atom. The van der Waals surface area contributed by atoms with Gasteiger partial charge in [0.25, 0.3) is 0 Å². The van der Waals surface area contributed by atoms with Crippen molar-refractivity contribution in [1.29, 1.82) is 0 Å². The topological polar surface area (TPSA) is 33.1 Å². The van der Waals surface area contributed by atoms with Crippen LogP contribution in [0, 0.1) is 5.82 Å². The molecule has 3 atom stereocenters. The molecule has 1 heterocycles. The van der Waals surface area contributed by atoms with Crippen LogP contribution in [0.25, 0.3) is 11.1 Å². The summed E-state index contributed by atoms with van der Waals surface area (Å²) in [6.45, 7) is 0. The molecule has 3 rings (SSSR count). The van der Waals surface area contributed by atoms with Crippen molar-refractivity contribution < 1.29 is 31.4 Å². The van der Waals surface area contributed by atoms with Crippen molar-refractivity contribution in [3.63, 3.8) is 0 Å². The Morgan fingerprint density at radius 2 is 1.75 bits per heavy atom. The van der Waals surface area contributed by atoms with Crippen molar-refractivity contribution in [3.8, 4) is 11.1 Å². The number of aromatic nitrogens is 1. The highest BCUT2D eigenvalue weighted by Gasteiger charge is 2.49. The van der Waals surface area contributed by atoms with E-state index in [-0.39, 0.29) is 16.1 Å². The molecule has 1 N–H and O–H groups in total. The van der Waals surface area contributed by atoms with Gasteiger partial charge in [0.05, 0.1) is 0 Å². The predicted molar refractivity (Wildman–Crippen MR) is 73.3 cm³/mol. The van der Waals surface area contributed by atoms with Crippen molar-refractivity contribution >= 4 is 11.6 Å². The fourth-order valence-corrected chi connectivity index (χ4v) is 3.00. The van der Waals surface area contributed by atoms with Crippen molar-refractivity contribution in [3.05, 3.63) is 52.1 Å². The van der Waals surface area contributed by atoms with E-state index in [1.807, 2.05) is 0 Å². The van der Waals surface area contributed by atoms with Gasteiger partial charge >= 0.3 is 6.18 Å². The number of halogens is 7. The van der Waals surface area contributed by atoms with Crippen LogP contribution in [0.3, 0.4) is 0 Å². The number of nitrogens with zero attached hydrogens (tertiary/aromatic N) is 1. The van der Waals surface area contributed by atoms with Crippen LogP contribution in [0.1, 0.15) is 29.1 Å². The minimum Gasteiger partial charge on any atom is -0.385 e. The Bertz CT molecular complexity index is 789. The molecule has 1 aromatic carbocycles. The summed E-state index contributed by atoms with van der Waals surface area (Å²) in [5.41, 5.74) is -3.56. The molecule has 2 nitrogen and oxygen atoms in total. The molecule has 9 heteroatoms. The SMILES string of the molecule is OC1c2c(C(F)(F)F)ncc(-c3cc(F)cc(Cl)c3)c2C(F)C1F. The minimum absolute atomic E-state index is 0.0681. The van der Waals surface area contributed by atoms with E-state index in [0.29, 0.717) is 6.20 Å². The van der Waals surface area contributed by atoms with E-state index in [1.54, 1.807) is 0 Å². The second kappa shape index (κ2) is 5.63. The molecular weight excluding hydrogens is 360 g/mol. The van der Waals surface area contributed by atoms with Gasteiger partial charge in [0.1, 0.15) is 11.9 Å². The van der Waals surface area contributed by atoms with Crippen molar-refractivity contribution in [2.75, 3.05) is 0 Å². The smallest absolute Gasteiger partial charge is 0.385 e. The number of benzene rings is 1. The summed E-state index contributed by atoms with van der Waals surface area (Å²) in [4.78, 5) is 3.19. The molecule has 24 heavy (non-hydrogen) atoms. The van der Waals surface area contributed by atoms with Gasteiger partial charge in [-0.3, -0.25) is 4.98 Å². The summed E-state index contributed by atoms with van der Waals surface area (Å²) in [5.74, 6) is -0.808. The Balaban J connectivity index is 2.31. The van der Waals surface area contributed by atoms with Crippen LogP contribution in [0.4, 0.5) is 26.3 Å². The number of aliphatic hydroxyl groups is 1. The molecule has 0 aliphatic heterocycles. The Hall–Kier alpha value is -1.80. The molecule has 128 valence electrons. The Labute approximate surface area is 136 Å². The number of rotatable bonds is 1. The Morgan fingerprint density at radius 3 is 2.33 bits per heavy atom. The second-order valence-electron chi connectivity index (χ2n) is 5.29. The maximum absolute atomic E-state index is 14.2. The molecular formula is C15H8ClF6NO. The lowest BCUT2D eigenvalue weighted by Gasteiger charge is -2.16. The largest absolute Gasteiger partial charge is 0.433 e. The quantitative estimate of drug-likeness (QED) is 0.723. The van der Waals surface area contributed by atoms with E-state index in [1.165, 1.54) is 6.07 Å². The summed E-state index contributed by atoms with van der Waals surface area (Å²) < 4.78 is 80.6. The molecule has 3 unspecified atom stereocenters. The van der Waals surface area contributed by atoms with E-state index in [4.69, 9.17) is 11.6 Å². The second-order valence-corrected chi connectivity index (χ2v) is 5.73. The van der Waals surface area contributed by atoms with Gasteiger partial charge in [0.15, 0.2) is 18.0 Å². The highest BCUT2D eigenvalue weighted by atomic mass is 35.5. The fraction of sp³-hybridized carbons (Fsp3) is 0.267. The molecule has 1 aromatic heterocycles. The minimum atomic E-state index is -5.01. The van der Waals surface area contributed by atoms with Crippen molar-refractivity contribution in [2.45, 2.75) is 24.6 Å². The zero-order valence-corrected chi connectivity index (χ0v) is 12.3. The van der Waals surface area contributed by atoms with Crippen LogP contribution in [-0.4, -0.2) is 16.3 Å². The molecule has 1 aliphatic carbocycles. The number of fused-ring (bicyclic) bond motifs is 1. The first kappa shape index (κ1) is 17.0. The molecule has 0 saturated heterocycles. The van der Waals surface area contributed by atoms with Crippen LogP contribution in [-0.2, 0) is 6.18 Å². The zero-order chi connectivity index (χ0) is 17.8.